The van der Waals surface area contributed by atoms with E-state index >= 15 is 0 Å². The number of hydrogen-bond donors (Lipinski definition) is 1. The van der Waals surface area contributed by atoms with Crippen LogP contribution in [0.1, 0.15) is 30.4 Å². The average Bonchev–Trinajstić information content (AvgIpc) is 3.52. The van der Waals surface area contributed by atoms with Crippen molar-refractivity contribution in [3.63, 3.8) is 0 Å². The van der Waals surface area contributed by atoms with Crippen LogP contribution in [0.15, 0.2) is 47.8 Å². The van der Waals surface area contributed by atoms with E-state index in [1.165, 1.54) is 12.1 Å². The van der Waals surface area contributed by atoms with Crippen molar-refractivity contribution in [1.29, 1.82) is 0 Å². The van der Waals surface area contributed by atoms with Crippen LogP contribution in [0.5, 0.6) is 0 Å². The zero-order valence-corrected chi connectivity index (χ0v) is 18.0. The third kappa shape index (κ3) is 3.08. The Morgan fingerprint density at radius 3 is 2.81 bits per heavy atom. The van der Waals surface area contributed by atoms with Crippen LogP contribution in [-0.4, -0.2) is 72.8 Å². The van der Waals surface area contributed by atoms with E-state index in [-0.39, 0.29) is 0 Å². The van der Waals surface area contributed by atoms with Crippen LogP contribution in [0, 0.1) is 0 Å². The van der Waals surface area contributed by atoms with Gasteiger partial charge in [-0.05, 0) is 56.3 Å². The highest BCUT2D eigenvalue weighted by Crippen LogP contribution is 2.34. The number of rotatable bonds is 4. The second-order valence-corrected chi connectivity index (χ2v) is 8.82. The Kier molecular flexibility index (Phi) is 4.32. The van der Waals surface area contributed by atoms with Crippen molar-refractivity contribution >= 4 is 27.9 Å². The number of aromatic nitrogens is 5. The van der Waals surface area contributed by atoms with Crippen LogP contribution in [0.4, 0.5) is 5.69 Å². The van der Waals surface area contributed by atoms with Crippen molar-refractivity contribution in [1.82, 2.24) is 29.7 Å². The quantitative estimate of drug-likeness (QED) is 0.303. The van der Waals surface area contributed by atoms with E-state index in [4.69, 9.17) is 10.2 Å². The summed E-state index contributed by atoms with van der Waals surface area (Å²) < 4.78 is 1.71. The van der Waals surface area contributed by atoms with Gasteiger partial charge in [0.1, 0.15) is 11.4 Å². The Morgan fingerprint density at radius 2 is 2.03 bits per heavy atom. The number of benzene rings is 1. The molecular weight excluding hydrogens is 404 g/mol. The Labute approximate surface area is 185 Å². The lowest BCUT2D eigenvalue weighted by atomic mass is 10.1. The molecule has 2 fully saturated rings. The first-order valence-corrected chi connectivity index (χ1v) is 10.8. The highest BCUT2D eigenvalue weighted by molar-refractivity contribution is 5.96. The van der Waals surface area contributed by atoms with Gasteiger partial charge in [0, 0.05) is 37.0 Å². The van der Waals surface area contributed by atoms with Crippen molar-refractivity contribution in [2.45, 2.75) is 31.8 Å². The number of likely N-dealkylation sites (N-methyl/N-ethyl adjacent to an activating group) is 1. The fraction of sp³-hybridized carbons (Fsp3) is 0.348. The van der Waals surface area contributed by atoms with Gasteiger partial charge in [-0.15, -0.1) is 10.2 Å². The molecule has 6 rings (SSSR count). The summed E-state index contributed by atoms with van der Waals surface area (Å²) in [6.45, 7) is 3.90. The molecule has 1 N–H and O–H groups in total. The van der Waals surface area contributed by atoms with Gasteiger partial charge in [-0.25, -0.2) is 0 Å². The molecule has 0 radical (unpaired) electrons. The number of oxime groups is 1. The van der Waals surface area contributed by atoms with Gasteiger partial charge in [-0.2, -0.15) is 9.61 Å². The standard InChI is InChI=1S/C23H24N8O/c1-14(28-32)20-5-6-22-25-26-23(31(22)27-20)8-15-3-4-21-16(7-15)9-17(11-24-21)30-13-18-10-19(30)12-29(18)2/h3-7,9,11,18-19,32H,8,10,12-13H2,1-2H3. The molecule has 0 aliphatic carbocycles. The number of likely N-dealkylation sites (tertiary alicyclic amines) is 1. The SMILES string of the molecule is CC(=NO)c1ccc2nnc(Cc3ccc4ncc(N5CC6CC5CN6C)cc4c3)n2n1. The van der Waals surface area contributed by atoms with E-state index in [0.29, 0.717) is 35.6 Å². The Balaban J connectivity index is 1.31. The molecule has 9 heteroatoms. The van der Waals surface area contributed by atoms with E-state index in [2.05, 4.69) is 61.6 Å². The fourth-order valence-electron chi connectivity index (χ4n) is 4.99. The Hall–Kier alpha value is -3.59. The van der Waals surface area contributed by atoms with Gasteiger partial charge in [-0.3, -0.25) is 9.88 Å². The Morgan fingerprint density at radius 1 is 1.12 bits per heavy atom. The Bertz CT molecular complexity index is 1360. The van der Waals surface area contributed by atoms with Crippen LogP contribution in [0.2, 0.25) is 0 Å². The third-order valence-corrected chi connectivity index (χ3v) is 6.79. The van der Waals surface area contributed by atoms with Crippen LogP contribution in [-0.2, 0) is 6.42 Å². The molecule has 4 aromatic rings. The molecule has 0 amide bonds. The first kappa shape index (κ1) is 19.1. The summed E-state index contributed by atoms with van der Waals surface area (Å²) in [5.74, 6) is 0.732. The molecule has 0 spiro atoms. The summed E-state index contributed by atoms with van der Waals surface area (Å²) in [5, 5.41) is 26.5. The van der Waals surface area contributed by atoms with Crippen LogP contribution in [0.25, 0.3) is 16.6 Å². The highest BCUT2D eigenvalue weighted by Gasteiger charge is 2.41. The number of piperazine rings is 1. The normalized spacial score (nSPS) is 21.3. The van der Waals surface area contributed by atoms with E-state index in [1.54, 1.807) is 17.5 Å². The van der Waals surface area contributed by atoms with Crippen molar-refractivity contribution < 1.29 is 5.21 Å². The van der Waals surface area contributed by atoms with Crippen LogP contribution < -0.4 is 4.90 Å². The van der Waals surface area contributed by atoms with Gasteiger partial charge in [0.05, 0.1) is 17.4 Å². The minimum absolute atomic E-state index is 0.442. The first-order chi connectivity index (χ1) is 15.6. The molecule has 0 saturated carbocycles. The maximum absolute atomic E-state index is 9.06. The topological polar surface area (TPSA) is 95.0 Å². The third-order valence-electron chi connectivity index (χ3n) is 6.79. The first-order valence-electron chi connectivity index (χ1n) is 10.8. The predicted molar refractivity (Wildman–Crippen MR) is 121 cm³/mol. The number of pyridine rings is 1. The van der Waals surface area contributed by atoms with E-state index in [9.17, 15) is 0 Å². The lowest BCUT2D eigenvalue weighted by Crippen LogP contribution is -2.44. The number of anilines is 1. The highest BCUT2D eigenvalue weighted by atomic mass is 16.4. The van der Waals surface area contributed by atoms with Crippen molar-refractivity contribution in [2.24, 2.45) is 5.16 Å². The second kappa shape index (κ2) is 7.23. The monoisotopic (exact) mass is 428 g/mol. The maximum atomic E-state index is 9.06. The van der Waals surface area contributed by atoms with Gasteiger partial charge in [0.15, 0.2) is 11.5 Å². The van der Waals surface area contributed by atoms with E-state index in [0.717, 1.165) is 35.4 Å². The minimum atomic E-state index is 0.442. The van der Waals surface area contributed by atoms with Crippen molar-refractivity contribution in [3.05, 3.63) is 59.7 Å². The van der Waals surface area contributed by atoms with Crippen molar-refractivity contribution in [2.75, 3.05) is 25.0 Å². The summed E-state index contributed by atoms with van der Waals surface area (Å²) >= 11 is 0. The van der Waals surface area contributed by atoms with Gasteiger partial charge in [0.2, 0.25) is 0 Å². The van der Waals surface area contributed by atoms with Crippen molar-refractivity contribution in [3.8, 4) is 0 Å². The molecule has 162 valence electrons. The van der Waals surface area contributed by atoms with Gasteiger partial charge in [0.25, 0.3) is 0 Å². The fourth-order valence-corrected chi connectivity index (χ4v) is 4.99. The maximum Gasteiger partial charge on any atom is 0.177 e. The molecule has 2 atom stereocenters. The number of fused-ring (bicyclic) bond motifs is 4. The van der Waals surface area contributed by atoms with E-state index < -0.39 is 0 Å². The molecule has 1 aromatic carbocycles. The summed E-state index contributed by atoms with van der Waals surface area (Å²) in [5.41, 5.74) is 4.99. The van der Waals surface area contributed by atoms with Crippen LogP contribution >= 0.6 is 0 Å². The molecular formula is C23H24N8O. The molecule has 2 unspecified atom stereocenters. The predicted octanol–water partition coefficient (Wildman–Crippen LogP) is 2.35. The molecule has 2 saturated heterocycles. The van der Waals surface area contributed by atoms with Gasteiger partial charge >= 0.3 is 0 Å². The molecule has 2 aliphatic heterocycles. The average molecular weight is 429 g/mol. The number of nitrogens with zero attached hydrogens (tertiary/aromatic N) is 8. The summed E-state index contributed by atoms with van der Waals surface area (Å²) in [7, 11) is 2.22. The summed E-state index contributed by atoms with van der Waals surface area (Å²) in [6.07, 6.45) is 3.83. The van der Waals surface area contributed by atoms with Gasteiger partial charge < -0.3 is 10.1 Å². The number of hydrogen-bond acceptors (Lipinski definition) is 8. The summed E-state index contributed by atoms with van der Waals surface area (Å²) in [6, 6.07) is 13.4. The summed E-state index contributed by atoms with van der Waals surface area (Å²) in [4.78, 5) is 9.69. The lowest BCUT2D eigenvalue weighted by Gasteiger charge is -2.33. The van der Waals surface area contributed by atoms with Gasteiger partial charge in [-0.1, -0.05) is 11.2 Å². The molecule has 32 heavy (non-hydrogen) atoms. The smallest absolute Gasteiger partial charge is 0.177 e. The van der Waals surface area contributed by atoms with Crippen LogP contribution in [0.3, 0.4) is 0 Å². The molecule has 2 bridgehead atoms. The lowest BCUT2D eigenvalue weighted by molar-refractivity contribution is 0.292. The second-order valence-electron chi connectivity index (χ2n) is 8.82. The molecule has 9 nitrogen and oxygen atoms in total. The largest absolute Gasteiger partial charge is 0.411 e. The zero-order chi connectivity index (χ0) is 21.8. The molecule has 3 aromatic heterocycles. The minimum Gasteiger partial charge on any atom is -0.411 e. The zero-order valence-electron chi connectivity index (χ0n) is 18.0. The molecule has 5 heterocycles. The molecule has 2 aliphatic rings. The van der Waals surface area contributed by atoms with E-state index in [1.807, 2.05) is 12.3 Å².